The molecule has 12 nitrogen and oxygen atoms in total. The number of β-amino-alcohol motifs (C(OH)–C–C–N with tert-alkyl or cyclic N) is 1. The van der Waals surface area contributed by atoms with E-state index in [2.05, 4.69) is 17.2 Å². The van der Waals surface area contributed by atoms with Crippen molar-refractivity contribution in [3.05, 3.63) is 12.7 Å². The molecule has 0 aromatic rings. The van der Waals surface area contributed by atoms with Crippen molar-refractivity contribution in [3.63, 3.8) is 0 Å². The fourth-order valence-electron chi connectivity index (χ4n) is 3.84. The first-order chi connectivity index (χ1) is 16.5. The Morgan fingerprint density at radius 2 is 1.81 bits per heavy atom. The minimum absolute atomic E-state index is 0.0776. The quantitative estimate of drug-likeness (QED) is 0.292. The average Bonchev–Trinajstić information content (AvgIpc) is 3.53. The number of sulfonamides is 1. The summed E-state index contributed by atoms with van der Waals surface area (Å²) in [7, 11) is -3.86. The van der Waals surface area contributed by atoms with Gasteiger partial charge in [0.25, 0.3) is 5.91 Å². The Morgan fingerprint density at radius 1 is 1.19 bits per heavy atom. The van der Waals surface area contributed by atoms with Gasteiger partial charge in [-0.05, 0) is 53.4 Å². The van der Waals surface area contributed by atoms with E-state index in [1.165, 1.54) is 13.0 Å². The molecular formula is C23H38N4O8S. The fraction of sp³-hybridized carbons (Fsp3) is 0.739. The first-order valence-electron chi connectivity index (χ1n) is 12.0. The van der Waals surface area contributed by atoms with Crippen LogP contribution < -0.4 is 15.4 Å². The predicted octanol–water partition coefficient (Wildman–Crippen LogP) is 0.311. The third-order valence-corrected chi connectivity index (χ3v) is 7.73. The lowest BCUT2D eigenvalue weighted by atomic mass is 9.96. The van der Waals surface area contributed by atoms with Crippen LogP contribution in [0.1, 0.15) is 66.7 Å². The molecule has 2 aliphatic rings. The van der Waals surface area contributed by atoms with Gasteiger partial charge in [0.1, 0.15) is 23.2 Å². The summed E-state index contributed by atoms with van der Waals surface area (Å²) in [6.45, 7) is 11.5. The summed E-state index contributed by atoms with van der Waals surface area (Å²) in [5.74, 6) is -2.25. The van der Waals surface area contributed by atoms with Crippen molar-refractivity contribution in [2.24, 2.45) is 0 Å². The van der Waals surface area contributed by atoms with Gasteiger partial charge in [-0.25, -0.2) is 13.2 Å². The van der Waals surface area contributed by atoms with Crippen LogP contribution >= 0.6 is 0 Å². The van der Waals surface area contributed by atoms with E-state index in [9.17, 15) is 32.7 Å². The smallest absolute Gasteiger partial charge is 0.408 e. The van der Waals surface area contributed by atoms with Crippen LogP contribution in [0.5, 0.6) is 0 Å². The lowest BCUT2D eigenvalue weighted by Gasteiger charge is -2.33. The molecule has 1 aliphatic heterocycles. The molecule has 36 heavy (non-hydrogen) atoms. The highest BCUT2D eigenvalue weighted by Crippen LogP contribution is 2.28. The van der Waals surface area contributed by atoms with Gasteiger partial charge < -0.3 is 25.4 Å². The van der Waals surface area contributed by atoms with Crippen molar-refractivity contribution in [3.8, 4) is 0 Å². The molecule has 13 heteroatoms. The molecular weight excluding hydrogens is 492 g/mol. The summed E-state index contributed by atoms with van der Waals surface area (Å²) in [4.78, 5) is 52.7. The van der Waals surface area contributed by atoms with Crippen LogP contribution in [0.25, 0.3) is 0 Å². The van der Waals surface area contributed by atoms with E-state index in [1.807, 2.05) is 4.72 Å². The van der Waals surface area contributed by atoms with Crippen molar-refractivity contribution in [1.82, 2.24) is 20.3 Å². The summed E-state index contributed by atoms with van der Waals surface area (Å²) in [5, 5.41) is 14.6. The highest BCUT2D eigenvalue weighted by atomic mass is 32.2. The highest BCUT2D eigenvalue weighted by molar-refractivity contribution is 7.90. The predicted molar refractivity (Wildman–Crippen MR) is 131 cm³/mol. The third-order valence-electron chi connectivity index (χ3n) is 5.91. The first-order valence-corrected chi connectivity index (χ1v) is 13.5. The molecule has 2 rings (SSSR count). The number of aliphatic hydroxyl groups excluding tert-OH is 1. The molecule has 4 amide bonds. The van der Waals surface area contributed by atoms with Gasteiger partial charge >= 0.3 is 6.09 Å². The summed E-state index contributed by atoms with van der Waals surface area (Å²) >= 11 is 0. The Hall–Kier alpha value is -2.67. The molecule has 0 aromatic carbocycles. The Balaban J connectivity index is 2.17. The molecule has 0 spiro atoms. The number of rotatable bonds is 10. The maximum atomic E-state index is 13.2. The van der Waals surface area contributed by atoms with Crippen LogP contribution in [0.4, 0.5) is 4.79 Å². The number of carbonyl (C=O) groups is 4. The maximum Gasteiger partial charge on any atom is 0.408 e. The van der Waals surface area contributed by atoms with Gasteiger partial charge in [-0.3, -0.25) is 19.1 Å². The zero-order chi connectivity index (χ0) is 27.5. The zero-order valence-corrected chi connectivity index (χ0v) is 22.3. The van der Waals surface area contributed by atoms with E-state index < -0.39 is 68.4 Å². The molecule has 4 N–H and O–H groups in total. The van der Waals surface area contributed by atoms with Crippen molar-refractivity contribution in [2.45, 2.75) is 101 Å². The van der Waals surface area contributed by atoms with Crippen LogP contribution in [-0.4, -0.2) is 83.4 Å². The average molecular weight is 531 g/mol. The number of carbonyl (C=O) groups excluding carboxylic acids is 4. The van der Waals surface area contributed by atoms with Gasteiger partial charge in [0.05, 0.1) is 11.4 Å². The summed E-state index contributed by atoms with van der Waals surface area (Å²) in [6.07, 6.45) is 0.523. The van der Waals surface area contributed by atoms with Gasteiger partial charge in [0.15, 0.2) is 0 Å². The van der Waals surface area contributed by atoms with E-state index in [0.29, 0.717) is 12.8 Å². The fourth-order valence-corrected chi connectivity index (χ4v) is 5.25. The number of nitrogens with zero attached hydrogens (tertiary/aromatic N) is 1. The van der Waals surface area contributed by atoms with Crippen LogP contribution in [0, 0.1) is 0 Å². The summed E-state index contributed by atoms with van der Waals surface area (Å²) < 4.78 is 31.8. The standard InChI is InChI=1S/C23H38N4O8S/c1-7-11-23(6,20(31)26-36(33,34)15-9-10-15)25-18(29)17-12-14(28)13-27(17)19(30)16(8-2)24-21(32)35-22(3,4)5/h7,14-17,28H,1,8-13H2,2-6H3,(H,24,32)(H,25,29)(H,26,31)/t14-,16+,17+,23-/m1/s1. The topological polar surface area (TPSA) is 171 Å². The van der Waals surface area contributed by atoms with Gasteiger partial charge in [0.2, 0.25) is 21.8 Å². The molecule has 2 fully saturated rings. The number of likely N-dealkylation sites (tertiary alicyclic amines) is 1. The molecule has 1 aliphatic carbocycles. The second-order valence-corrected chi connectivity index (χ2v) is 12.5. The summed E-state index contributed by atoms with van der Waals surface area (Å²) in [5.41, 5.74) is -2.44. The summed E-state index contributed by atoms with van der Waals surface area (Å²) in [6, 6.07) is -2.15. The number of amides is 4. The maximum absolute atomic E-state index is 13.2. The molecule has 0 radical (unpaired) electrons. The molecule has 0 aromatic heterocycles. The number of alkyl carbamates (subject to hydrolysis) is 1. The van der Waals surface area contributed by atoms with Crippen molar-refractivity contribution in [1.29, 1.82) is 0 Å². The number of aliphatic hydroxyl groups is 1. The number of hydrogen-bond acceptors (Lipinski definition) is 8. The molecule has 1 saturated carbocycles. The third kappa shape index (κ3) is 7.66. The van der Waals surface area contributed by atoms with E-state index in [0.717, 1.165) is 4.90 Å². The van der Waals surface area contributed by atoms with Gasteiger partial charge in [-0.1, -0.05) is 13.0 Å². The van der Waals surface area contributed by atoms with E-state index in [-0.39, 0.29) is 25.8 Å². The lowest BCUT2D eigenvalue weighted by molar-refractivity contribution is -0.141. The van der Waals surface area contributed by atoms with Crippen molar-refractivity contribution < 1.29 is 37.4 Å². The number of ether oxygens (including phenoxy) is 1. The lowest BCUT2D eigenvalue weighted by Crippen LogP contribution is -2.61. The van der Waals surface area contributed by atoms with Gasteiger partial charge in [-0.15, -0.1) is 6.58 Å². The highest BCUT2D eigenvalue weighted by Gasteiger charge is 2.46. The van der Waals surface area contributed by atoms with E-state index in [1.54, 1.807) is 27.7 Å². The SMILES string of the molecule is C=CC[C@@](C)(NC(=O)[C@@H]1C[C@@H](O)CN1C(=O)[C@H](CC)NC(=O)OC(C)(C)C)C(=O)NS(=O)(=O)C1CC1. The van der Waals surface area contributed by atoms with Crippen LogP contribution in [-0.2, 0) is 29.1 Å². The number of nitrogens with one attached hydrogen (secondary N) is 3. The second-order valence-electron chi connectivity index (χ2n) is 10.5. The van der Waals surface area contributed by atoms with Crippen LogP contribution in [0.3, 0.4) is 0 Å². The largest absolute Gasteiger partial charge is 0.444 e. The molecule has 0 bridgehead atoms. The van der Waals surface area contributed by atoms with E-state index >= 15 is 0 Å². The second kappa shape index (κ2) is 11.2. The Morgan fingerprint density at radius 3 is 2.31 bits per heavy atom. The Kier molecular flexibility index (Phi) is 9.16. The van der Waals surface area contributed by atoms with Gasteiger partial charge in [0, 0.05) is 13.0 Å². The molecule has 204 valence electrons. The minimum Gasteiger partial charge on any atom is -0.444 e. The monoisotopic (exact) mass is 530 g/mol. The molecule has 1 heterocycles. The van der Waals surface area contributed by atoms with E-state index in [4.69, 9.17) is 4.74 Å². The van der Waals surface area contributed by atoms with Crippen LogP contribution in [0.2, 0.25) is 0 Å². The molecule has 1 saturated heterocycles. The van der Waals surface area contributed by atoms with Crippen molar-refractivity contribution >= 4 is 33.8 Å². The Labute approximate surface area is 212 Å². The van der Waals surface area contributed by atoms with Crippen molar-refractivity contribution in [2.75, 3.05) is 6.54 Å². The number of hydrogen-bond donors (Lipinski definition) is 4. The normalized spacial score (nSPS) is 22.7. The first kappa shape index (κ1) is 29.6. The minimum atomic E-state index is -3.86. The molecule has 0 unspecified atom stereocenters. The van der Waals surface area contributed by atoms with Gasteiger partial charge in [-0.2, -0.15) is 0 Å². The van der Waals surface area contributed by atoms with Crippen LogP contribution in [0.15, 0.2) is 12.7 Å². The zero-order valence-electron chi connectivity index (χ0n) is 21.5. The Bertz CT molecular complexity index is 989. The molecule has 4 atom stereocenters.